The number of piperidine rings is 1. The van der Waals surface area contributed by atoms with E-state index in [2.05, 4.69) is 14.8 Å². The minimum atomic E-state index is -3.82. The lowest BCUT2D eigenvalue weighted by atomic mass is 10.1. The number of nitrogens with one attached hydrogen (secondary N) is 1. The Balaban J connectivity index is 1.95. The topological polar surface area (TPSA) is 84.7 Å². The summed E-state index contributed by atoms with van der Waals surface area (Å²) in [7, 11) is -2.30. The van der Waals surface area contributed by atoms with E-state index < -0.39 is 10.0 Å². The highest BCUT2D eigenvalue weighted by Gasteiger charge is 2.26. The molecule has 1 aromatic heterocycles. The fraction of sp³-hybridized carbons (Fsp3) is 0.471. The van der Waals surface area contributed by atoms with Crippen LogP contribution >= 0.6 is 0 Å². The van der Waals surface area contributed by atoms with Crippen LogP contribution in [0.15, 0.2) is 27.6 Å². The van der Waals surface area contributed by atoms with Gasteiger partial charge in [0.1, 0.15) is 11.4 Å². The molecular formula is C17H23N3O4S. The quantitative estimate of drug-likeness (QED) is 0.876. The SMILES string of the molecule is COc1ccc(N2CCCCC2)cc1NS(=O)(=O)c1c(C)noc1C. The van der Waals surface area contributed by atoms with E-state index in [1.165, 1.54) is 13.5 Å². The van der Waals surface area contributed by atoms with Crippen LogP contribution in [0.2, 0.25) is 0 Å². The van der Waals surface area contributed by atoms with Gasteiger partial charge in [0, 0.05) is 18.8 Å². The lowest BCUT2D eigenvalue weighted by Crippen LogP contribution is -2.29. The Kier molecular flexibility index (Phi) is 4.89. The third-order valence-electron chi connectivity index (χ3n) is 4.39. The molecular weight excluding hydrogens is 342 g/mol. The summed E-state index contributed by atoms with van der Waals surface area (Å²) in [6.45, 7) is 5.13. The van der Waals surface area contributed by atoms with Crippen molar-refractivity contribution >= 4 is 21.4 Å². The average molecular weight is 365 g/mol. The number of benzene rings is 1. The van der Waals surface area contributed by atoms with Crippen LogP contribution in [0.3, 0.4) is 0 Å². The molecule has 0 unspecified atom stereocenters. The summed E-state index contributed by atoms with van der Waals surface area (Å²) in [5.74, 6) is 0.729. The van der Waals surface area contributed by atoms with Gasteiger partial charge in [0.2, 0.25) is 0 Å². The van der Waals surface area contributed by atoms with Crippen LogP contribution in [-0.2, 0) is 10.0 Å². The summed E-state index contributed by atoms with van der Waals surface area (Å²) in [5, 5.41) is 3.72. The molecule has 0 atom stereocenters. The van der Waals surface area contributed by atoms with Crippen LogP contribution in [0.1, 0.15) is 30.7 Å². The Morgan fingerprint density at radius 3 is 2.52 bits per heavy atom. The van der Waals surface area contributed by atoms with Crippen molar-refractivity contribution in [3.05, 3.63) is 29.7 Å². The zero-order valence-corrected chi connectivity index (χ0v) is 15.5. The number of hydrogen-bond donors (Lipinski definition) is 1. The normalized spacial score (nSPS) is 15.2. The van der Waals surface area contributed by atoms with Gasteiger partial charge in [-0.1, -0.05) is 5.16 Å². The van der Waals surface area contributed by atoms with Gasteiger partial charge in [-0.3, -0.25) is 4.72 Å². The molecule has 2 heterocycles. The predicted molar refractivity (Wildman–Crippen MR) is 95.8 cm³/mol. The molecule has 1 N–H and O–H groups in total. The van der Waals surface area contributed by atoms with Gasteiger partial charge in [0.15, 0.2) is 10.7 Å². The molecule has 136 valence electrons. The minimum Gasteiger partial charge on any atom is -0.495 e. The molecule has 0 aliphatic carbocycles. The Bertz CT molecular complexity index is 835. The number of nitrogens with zero attached hydrogens (tertiary/aromatic N) is 2. The Morgan fingerprint density at radius 1 is 1.20 bits per heavy atom. The maximum Gasteiger partial charge on any atom is 0.267 e. The molecule has 1 aromatic carbocycles. The highest BCUT2D eigenvalue weighted by Crippen LogP contribution is 2.33. The van der Waals surface area contributed by atoms with Crippen molar-refractivity contribution in [2.75, 3.05) is 29.8 Å². The molecule has 1 aliphatic heterocycles. The molecule has 3 rings (SSSR count). The third-order valence-corrected chi connectivity index (χ3v) is 5.99. The number of aromatic nitrogens is 1. The number of sulfonamides is 1. The van der Waals surface area contributed by atoms with Crippen LogP contribution in [0.25, 0.3) is 0 Å². The third kappa shape index (κ3) is 3.58. The van der Waals surface area contributed by atoms with Gasteiger partial charge < -0.3 is 14.2 Å². The fourth-order valence-corrected chi connectivity index (χ4v) is 4.57. The minimum absolute atomic E-state index is 0.0675. The van der Waals surface area contributed by atoms with Crippen LogP contribution in [0.5, 0.6) is 5.75 Å². The molecule has 1 aliphatic rings. The van der Waals surface area contributed by atoms with Gasteiger partial charge in [-0.25, -0.2) is 8.42 Å². The first kappa shape index (κ1) is 17.6. The van der Waals surface area contributed by atoms with Gasteiger partial charge >= 0.3 is 0 Å². The molecule has 0 bridgehead atoms. The molecule has 7 nitrogen and oxygen atoms in total. The lowest BCUT2D eigenvalue weighted by Gasteiger charge is -2.29. The van der Waals surface area contributed by atoms with E-state index in [0.29, 0.717) is 17.1 Å². The van der Waals surface area contributed by atoms with E-state index in [0.717, 1.165) is 31.6 Å². The first-order valence-electron chi connectivity index (χ1n) is 8.31. The number of ether oxygens (including phenoxy) is 1. The monoisotopic (exact) mass is 365 g/mol. The van der Waals surface area contributed by atoms with E-state index >= 15 is 0 Å². The maximum absolute atomic E-state index is 12.8. The molecule has 1 saturated heterocycles. The van der Waals surface area contributed by atoms with Gasteiger partial charge in [0.25, 0.3) is 10.0 Å². The zero-order chi connectivity index (χ0) is 18.0. The molecule has 0 amide bonds. The van der Waals surface area contributed by atoms with Crippen molar-refractivity contribution in [3.8, 4) is 5.75 Å². The molecule has 0 spiro atoms. The average Bonchev–Trinajstić information content (AvgIpc) is 2.94. The van der Waals surface area contributed by atoms with Crippen molar-refractivity contribution in [1.29, 1.82) is 0 Å². The van der Waals surface area contributed by atoms with E-state index in [9.17, 15) is 8.42 Å². The summed E-state index contributed by atoms with van der Waals surface area (Å²) < 4.78 is 38.5. The van der Waals surface area contributed by atoms with Crippen LogP contribution in [0.4, 0.5) is 11.4 Å². The van der Waals surface area contributed by atoms with Crippen molar-refractivity contribution in [3.63, 3.8) is 0 Å². The van der Waals surface area contributed by atoms with Crippen molar-refractivity contribution in [2.24, 2.45) is 0 Å². The molecule has 25 heavy (non-hydrogen) atoms. The number of hydrogen-bond acceptors (Lipinski definition) is 6. The smallest absolute Gasteiger partial charge is 0.267 e. The highest BCUT2D eigenvalue weighted by molar-refractivity contribution is 7.92. The highest BCUT2D eigenvalue weighted by atomic mass is 32.2. The van der Waals surface area contributed by atoms with E-state index in [1.807, 2.05) is 12.1 Å². The van der Waals surface area contributed by atoms with Crippen molar-refractivity contribution < 1.29 is 17.7 Å². The first-order chi connectivity index (χ1) is 11.9. The second-order valence-electron chi connectivity index (χ2n) is 6.19. The largest absolute Gasteiger partial charge is 0.495 e. The molecule has 8 heteroatoms. The molecule has 0 radical (unpaired) electrons. The molecule has 2 aromatic rings. The Labute approximate surface area is 148 Å². The van der Waals surface area contributed by atoms with Gasteiger partial charge in [-0.05, 0) is 51.3 Å². The number of anilines is 2. The Morgan fingerprint density at radius 2 is 1.92 bits per heavy atom. The summed E-state index contributed by atoms with van der Waals surface area (Å²) in [6.07, 6.45) is 3.52. The zero-order valence-electron chi connectivity index (χ0n) is 14.7. The van der Waals surface area contributed by atoms with E-state index in [4.69, 9.17) is 9.26 Å². The number of methoxy groups -OCH3 is 1. The second kappa shape index (κ2) is 6.95. The van der Waals surface area contributed by atoms with Gasteiger partial charge in [-0.2, -0.15) is 0 Å². The van der Waals surface area contributed by atoms with Gasteiger partial charge in [0.05, 0.1) is 12.8 Å². The number of aryl methyl sites for hydroxylation is 2. The first-order valence-corrected chi connectivity index (χ1v) is 9.79. The second-order valence-corrected chi connectivity index (χ2v) is 7.81. The van der Waals surface area contributed by atoms with Crippen molar-refractivity contribution in [1.82, 2.24) is 5.16 Å². The van der Waals surface area contributed by atoms with E-state index in [1.54, 1.807) is 19.9 Å². The summed E-state index contributed by atoms with van der Waals surface area (Å²) >= 11 is 0. The summed E-state index contributed by atoms with van der Waals surface area (Å²) in [4.78, 5) is 2.33. The van der Waals surface area contributed by atoms with Gasteiger partial charge in [-0.15, -0.1) is 0 Å². The van der Waals surface area contributed by atoms with Crippen LogP contribution in [-0.4, -0.2) is 33.8 Å². The van der Waals surface area contributed by atoms with Crippen molar-refractivity contribution in [2.45, 2.75) is 38.0 Å². The summed E-state index contributed by atoms with van der Waals surface area (Å²) in [6, 6.07) is 5.56. The van der Waals surface area contributed by atoms with Crippen LogP contribution in [0, 0.1) is 13.8 Å². The number of rotatable bonds is 5. The Hall–Kier alpha value is -2.22. The van der Waals surface area contributed by atoms with E-state index in [-0.39, 0.29) is 10.7 Å². The molecule has 0 saturated carbocycles. The predicted octanol–water partition coefficient (Wildman–Crippen LogP) is 3.09. The molecule has 1 fully saturated rings. The fourth-order valence-electron chi connectivity index (χ4n) is 3.18. The summed E-state index contributed by atoms with van der Waals surface area (Å²) in [5.41, 5.74) is 1.72. The maximum atomic E-state index is 12.8. The van der Waals surface area contributed by atoms with Crippen LogP contribution < -0.4 is 14.4 Å². The lowest BCUT2D eigenvalue weighted by molar-refractivity contribution is 0.390. The standard InChI is InChI=1S/C17H23N3O4S/c1-12-17(13(2)24-18-12)25(21,22)19-15-11-14(7-8-16(15)23-3)20-9-5-4-6-10-20/h7-8,11,19H,4-6,9-10H2,1-3H3.